The van der Waals surface area contributed by atoms with Crippen LogP contribution in [-0.2, 0) is 10.0 Å². The molecule has 1 aliphatic rings. The molecule has 1 aliphatic heterocycles. The number of nitrogens with zero attached hydrogens (tertiary/aromatic N) is 1. The summed E-state index contributed by atoms with van der Waals surface area (Å²) in [5.41, 5.74) is 0.256. The molecule has 0 aliphatic carbocycles. The van der Waals surface area contributed by atoms with Crippen LogP contribution in [0.3, 0.4) is 0 Å². The summed E-state index contributed by atoms with van der Waals surface area (Å²) in [6.45, 7) is 5.05. The summed E-state index contributed by atoms with van der Waals surface area (Å²) in [4.78, 5) is 12.8. The Balaban J connectivity index is 2.31. The van der Waals surface area contributed by atoms with Gasteiger partial charge in [-0.3, -0.25) is 4.79 Å². The first-order valence-electron chi connectivity index (χ1n) is 9.39. The molecule has 0 spiro atoms. The third-order valence-corrected chi connectivity index (χ3v) is 6.61. The first-order valence-corrected chi connectivity index (χ1v) is 10.8. The number of sulfonamides is 1. The van der Waals surface area contributed by atoms with Crippen LogP contribution >= 0.6 is 0 Å². The topological polar surface area (TPSA) is 75.7 Å². The first kappa shape index (κ1) is 20.7. The second-order valence-corrected chi connectivity index (χ2v) is 8.78. The van der Waals surface area contributed by atoms with E-state index >= 15 is 0 Å². The Hall–Kier alpha value is -1.60. The molecule has 1 aromatic carbocycles. The lowest BCUT2D eigenvalue weighted by Crippen LogP contribution is -2.34. The van der Waals surface area contributed by atoms with Gasteiger partial charge in [0.15, 0.2) is 0 Å². The van der Waals surface area contributed by atoms with Crippen molar-refractivity contribution in [2.24, 2.45) is 0 Å². The molecule has 1 amide bonds. The maximum atomic E-state index is 13.0. The fourth-order valence-corrected chi connectivity index (χ4v) is 4.81. The Morgan fingerprint density at radius 1 is 1.23 bits per heavy atom. The van der Waals surface area contributed by atoms with Crippen LogP contribution in [0.25, 0.3) is 0 Å². The van der Waals surface area contributed by atoms with E-state index in [1.54, 1.807) is 6.07 Å². The van der Waals surface area contributed by atoms with E-state index in [0.29, 0.717) is 18.8 Å². The standard InChI is InChI=1S/C19H30N2O4S/c1-4-9-15(2)20-19(22)17-14-16(10-11-18(17)25-3)26(23,24)21-12-7-5-6-8-13-21/h10-11,14-15H,4-9,12-13H2,1-3H3,(H,20,22)/t15-/m0/s1. The summed E-state index contributed by atoms with van der Waals surface area (Å²) in [5, 5.41) is 2.91. The maximum Gasteiger partial charge on any atom is 0.255 e. The van der Waals surface area contributed by atoms with Crippen LogP contribution in [0.1, 0.15) is 62.7 Å². The number of carbonyl (C=O) groups excluding carboxylic acids is 1. The number of carbonyl (C=O) groups is 1. The first-order chi connectivity index (χ1) is 12.4. The maximum absolute atomic E-state index is 13.0. The number of hydrogen-bond donors (Lipinski definition) is 1. The SMILES string of the molecule is CCC[C@H](C)NC(=O)c1cc(S(=O)(=O)N2CCCCCC2)ccc1OC. The molecule has 6 nitrogen and oxygen atoms in total. The van der Waals surface area contributed by atoms with E-state index in [1.165, 1.54) is 23.5 Å². The fraction of sp³-hybridized carbons (Fsp3) is 0.632. The Bertz CT molecular complexity index is 710. The van der Waals surface area contributed by atoms with Crippen LogP contribution in [0, 0.1) is 0 Å². The molecular weight excluding hydrogens is 352 g/mol. The third kappa shape index (κ3) is 4.98. The van der Waals surface area contributed by atoms with Gasteiger partial charge in [-0.1, -0.05) is 26.2 Å². The summed E-state index contributed by atoms with van der Waals surface area (Å²) in [7, 11) is -2.13. The molecular formula is C19H30N2O4S. The van der Waals surface area contributed by atoms with Crippen LogP contribution in [0.5, 0.6) is 5.75 Å². The monoisotopic (exact) mass is 382 g/mol. The highest BCUT2D eigenvalue weighted by Gasteiger charge is 2.27. The van der Waals surface area contributed by atoms with E-state index in [4.69, 9.17) is 4.74 Å². The lowest BCUT2D eigenvalue weighted by Gasteiger charge is -2.21. The lowest BCUT2D eigenvalue weighted by molar-refractivity contribution is 0.0935. The molecule has 26 heavy (non-hydrogen) atoms. The molecule has 0 bridgehead atoms. The van der Waals surface area contributed by atoms with Gasteiger partial charge in [0.05, 0.1) is 17.6 Å². The smallest absolute Gasteiger partial charge is 0.255 e. The van der Waals surface area contributed by atoms with Gasteiger partial charge in [0.25, 0.3) is 5.91 Å². The zero-order valence-corrected chi connectivity index (χ0v) is 16.8. The molecule has 0 unspecified atom stereocenters. The number of methoxy groups -OCH3 is 1. The highest BCUT2D eigenvalue weighted by Crippen LogP contribution is 2.26. The van der Waals surface area contributed by atoms with Crippen molar-refractivity contribution < 1.29 is 17.9 Å². The minimum absolute atomic E-state index is 0.0167. The largest absolute Gasteiger partial charge is 0.496 e. The van der Waals surface area contributed by atoms with Crippen molar-refractivity contribution in [3.63, 3.8) is 0 Å². The minimum atomic E-state index is -3.61. The average Bonchev–Trinajstić information content (AvgIpc) is 2.91. The summed E-state index contributed by atoms with van der Waals surface area (Å²) < 4.78 is 32.8. The molecule has 0 aromatic heterocycles. The second kappa shape index (κ2) is 9.37. The van der Waals surface area contributed by atoms with Gasteiger partial charge in [0, 0.05) is 19.1 Å². The molecule has 0 saturated carbocycles. The highest BCUT2D eigenvalue weighted by atomic mass is 32.2. The quantitative estimate of drug-likeness (QED) is 0.786. The van der Waals surface area contributed by atoms with E-state index in [1.807, 2.05) is 6.92 Å². The molecule has 146 valence electrons. The van der Waals surface area contributed by atoms with Crippen molar-refractivity contribution >= 4 is 15.9 Å². The van der Waals surface area contributed by atoms with Gasteiger partial charge < -0.3 is 10.1 Å². The molecule has 1 fully saturated rings. The number of rotatable bonds is 7. The highest BCUT2D eigenvalue weighted by molar-refractivity contribution is 7.89. The lowest BCUT2D eigenvalue weighted by atomic mass is 10.1. The summed E-state index contributed by atoms with van der Waals surface area (Å²) in [6, 6.07) is 4.53. The van der Waals surface area contributed by atoms with Gasteiger partial charge >= 0.3 is 0 Å². The second-order valence-electron chi connectivity index (χ2n) is 6.84. The van der Waals surface area contributed by atoms with Crippen LogP contribution in [0.4, 0.5) is 0 Å². The molecule has 2 rings (SSSR count). The van der Waals surface area contributed by atoms with Gasteiger partial charge in [-0.05, 0) is 44.4 Å². The summed E-state index contributed by atoms with van der Waals surface area (Å²) in [5.74, 6) is 0.0664. The molecule has 0 radical (unpaired) electrons. The van der Waals surface area contributed by atoms with E-state index in [2.05, 4.69) is 12.2 Å². The van der Waals surface area contributed by atoms with Crippen LogP contribution < -0.4 is 10.1 Å². The van der Waals surface area contributed by atoms with Gasteiger partial charge in [-0.15, -0.1) is 0 Å². The van der Waals surface area contributed by atoms with Crippen molar-refractivity contribution in [1.29, 1.82) is 0 Å². The van der Waals surface area contributed by atoms with Gasteiger partial charge in [0.1, 0.15) is 5.75 Å². The van der Waals surface area contributed by atoms with Crippen LogP contribution in [0.2, 0.25) is 0 Å². The Morgan fingerprint density at radius 2 is 1.88 bits per heavy atom. The van der Waals surface area contributed by atoms with Crippen molar-refractivity contribution in [3.8, 4) is 5.75 Å². The number of hydrogen-bond acceptors (Lipinski definition) is 4. The number of ether oxygens (including phenoxy) is 1. The number of benzene rings is 1. The van der Waals surface area contributed by atoms with Crippen molar-refractivity contribution in [1.82, 2.24) is 9.62 Å². The third-order valence-electron chi connectivity index (χ3n) is 4.72. The Labute approximate surface area is 157 Å². The summed E-state index contributed by atoms with van der Waals surface area (Å²) >= 11 is 0. The van der Waals surface area contributed by atoms with Crippen molar-refractivity contribution in [2.45, 2.75) is 63.3 Å². The van der Waals surface area contributed by atoms with Crippen LogP contribution in [-0.4, -0.2) is 44.9 Å². The number of nitrogens with one attached hydrogen (secondary N) is 1. The molecule has 1 atom stereocenters. The van der Waals surface area contributed by atoms with Crippen molar-refractivity contribution in [3.05, 3.63) is 23.8 Å². The van der Waals surface area contributed by atoms with E-state index in [-0.39, 0.29) is 22.4 Å². The molecule has 1 saturated heterocycles. The Morgan fingerprint density at radius 3 is 2.46 bits per heavy atom. The van der Waals surface area contributed by atoms with E-state index in [0.717, 1.165) is 38.5 Å². The molecule has 1 heterocycles. The zero-order valence-electron chi connectivity index (χ0n) is 16.0. The molecule has 7 heteroatoms. The Kier molecular flexibility index (Phi) is 7.46. The van der Waals surface area contributed by atoms with E-state index < -0.39 is 10.0 Å². The predicted molar refractivity (Wildman–Crippen MR) is 102 cm³/mol. The summed E-state index contributed by atoms with van der Waals surface area (Å²) in [6.07, 6.45) is 5.67. The van der Waals surface area contributed by atoms with E-state index in [9.17, 15) is 13.2 Å². The predicted octanol–water partition coefficient (Wildman–Crippen LogP) is 3.18. The fourth-order valence-electron chi connectivity index (χ4n) is 3.26. The number of amides is 1. The average molecular weight is 383 g/mol. The van der Waals surface area contributed by atoms with Crippen molar-refractivity contribution in [2.75, 3.05) is 20.2 Å². The molecule has 1 N–H and O–H groups in total. The molecule has 1 aromatic rings. The minimum Gasteiger partial charge on any atom is -0.496 e. The van der Waals surface area contributed by atoms with Gasteiger partial charge in [0.2, 0.25) is 10.0 Å². The zero-order chi connectivity index (χ0) is 19.2. The van der Waals surface area contributed by atoms with Gasteiger partial charge in [-0.25, -0.2) is 8.42 Å². The van der Waals surface area contributed by atoms with Gasteiger partial charge in [-0.2, -0.15) is 4.31 Å². The van der Waals surface area contributed by atoms with Crippen LogP contribution in [0.15, 0.2) is 23.1 Å². The normalized spacial score (nSPS) is 17.3.